The highest BCUT2D eigenvalue weighted by Crippen LogP contribution is 2.35. The summed E-state index contributed by atoms with van der Waals surface area (Å²) < 4.78 is 11.4. The van der Waals surface area contributed by atoms with Crippen LogP contribution in [0.2, 0.25) is 0 Å². The molecular weight excluding hydrogens is 372 g/mol. The lowest BCUT2D eigenvalue weighted by atomic mass is 9.99. The molecule has 2 fully saturated rings. The Labute approximate surface area is 173 Å². The van der Waals surface area contributed by atoms with Crippen LogP contribution in [0.3, 0.4) is 0 Å². The number of guanidine groups is 1. The maximum Gasteiger partial charge on any atom is 0.193 e. The van der Waals surface area contributed by atoms with E-state index in [0.29, 0.717) is 0 Å². The summed E-state index contributed by atoms with van der Waals surface area (Å²) in [6.07, 6.45) is 2.22. The van der Waals surface area contributed by atoms with E-state index < -0.39 is 0 Å². The molecule has 0 bridgehead atoms. The highest BCUT2D eigenvalue weighted by Gasteiger charge is 2.33. The number of benzene rings is 1. The zero-order valence-corrected chi connectivity index (χ0v) is 18.3. The molecule has 0 saturated carbocycles. The largest absolute Gasteiger partial charge is 0.495 e. The van der Waals surface area contributed by atoms with Gasteiger partial charge in [-0.2, -0.15) is 11.8 Å². The van der Waals surface area contributed by atoms with Gasteiger partial charge in [-0.05, 0) is 30.7 Å². The lowest BCUT2D eigenvalue weighted by Gasteiger charge is -2.40. The summed E-state index contributed by atoms with van der Waals surface area (Å²) in [4.78, 5) is 9.34. The van der Waals surface area contributed by atoms with Crippen LogP contribution >= 0.6 is 11.8 Å². The Hall–Kier alpha value is -1.60. The predicted molar refractivity (Wildman–Crippen MR) is 119 cm³/mol. The summed E-state index contributed by atoms with van der Waals surface area (Å²) in [5.74, 6) is 3.09. The average Bonchev–Trinajstić information content (AvgIpc) is 2.75. The van der Waals surface area contributed by atoms with Gasteiger partial charge in [0, 0.05) is 57.7 Å². The van der Waals surface area contributed by atoms with Gasteiger partial charge in [0.25, 0.3) is 0 Å². The summed E-state index contributed by atoms with van der Waals surface area (Å²) in [5.41, 5.74) is 1.17. The minimum Gasteiger partial charge on any atom is -0.495 e. The summed E-state index contributed by atoms with van der Waals surface area (Å²) in [6, 6.07) is 8.26. The van der Waals surface area contributed by atoms with Crippen molar-refractivity contribution >= 4 is 23.4 Å². The number of nitrogens with one attached hydrogen (secondary N) is 1. The number of para-hydroxylation sites is 2. The molecule has 0 aromatic heterocycles. The second-order valence-corrected chi connectivity index (χ2v) is 9.01. The summed E-state index contributed by atoms with van der Waals surface area (Å²) in [6.45, 7) is 8.76. The van der Waals surface area contributed by atoms with Crippen LogP contribution in [0, 0.1) is 0 Å². The smallest absolute Gasteiger partial charge is 0.193 e. The molecule has 1 aromatic carbocycles. The fraction of sp³-hybridized carbons (Fsp3) is 0.667. The minimum atomic E-state index is 0.266. The average molecular weight is 407 g/mol. The first-order valence-corrected chi connectivity index (χ1v) is 11.2. The molecule has 0 spiro atoms. The maximum atomic E-state index is 5.60. The first kappa shape index (κ1) is 21.1. The number of nitrogens with zero attached hydrogens (tertiary/aromatic N) is 3. The number of hydrogen-bond acceptors (Lipinski definition) is 5. The third-order valence-corrected chi connectivity index (χ3v) is 7.09. The molecule has 156 valence electrons. The van der Waals surface area contributed by atoms with Gasteiger partial charge in [0.2, 0.25) is 0 Å². The lowest BCUT2D eigenvalue weighted by molar-refractivity contribution is 0.0780. The third-order valence-electron chi connectivity index (χ3n) is 5.64. The Balaban J connectivity index is 1.56. The molecule has 3 rings (SSSR count). The van der Waals surface area contributed by atoms with Gasteiger partial charge in [-0.25, -0.2) is 0 Å². The number of piperazine rings is 1. The number of aliphatic imine (C=N–C) groups is 1. The van der Waals surface area contributed by atoms with Gasteiger partial charge in [-0.3, -0.25) is 4.99 Å². The Bertz CT molecular complexity index is 636. The van der Waals surface area contributed by atoms with Crippen LogP contribution in [0.4, 0.5) is 5.69 Å². The first-order valence-electron chi connectivity index (χ1n) is 10.3. The molecule has 2 heterocycles. The van der Waals surface area contributed by atoms with Gasteiger partial charge in [0.15, 0.2) is 5.96 Å². The molecule has 0 unspecified atom stereocenters. The Morgan fingerprint density at radius 3 is 2.57 bits per heavy atom. The second-order valence-electron chi connectivity index (χ2n) is 7.28. The zero-order chi connectivity index (χ0) is 19.8. The second kappa shape index (κ2) is 10.3. The molecule has 0 amide bonds. The van der Waals surface area contributed by atoms with Crippen LogP contribution in [-0.2, 0) is 4.74 Å². The third kappa shape index (κ3) is 5.06. The molecule has 1 aromatic rings. The van der Waals surface area contributed by atoms with E-state index in [0.717, 1.165) is 76.2 Å². The van der Waals surface area contributed by atoms with Crippen LogP contribution in [0.1, 0.15) is 19.8 Å². The molecule has 0 radical (unpaired) electrons. The van der Waals surface area contributed by atoms with E-state index in [-0.39, 0.29) is 4.75 Å². The van der Waals surface area contributed by atoms with Crippen molar-refractivity contribution in [2.24, 2.45) is 4.99 Å². The monoisotopic (exact) mass is 406 g/mol. The fourth-order valence-corrected chi connectivity index (χ4v) is 5.29. The Morgan fingerprint density at radius 2 is 1.93 bits per heavy atom. The van der Waals surface area contributed by atoms with Crippen LogP contribution in [0.5, 0.6) is 5.75 Å². The topological polar surface area (TPSA) is 49.3 Å². The van der Waals surface area contributed by atoms with E-state index in [9.17, 15) is 0 Å². The van der Waals surface area contributed by atoms with Crippen LogP contribution < -0.4 is 15.0 Å². The van der Waals surface area contributed by atoms with E-state index >= 15 is 0 Å². The molecule has 2 aliphatic heterocycles. The van der Waals surface area contributed by atoms with Crippen molar-refractivity contribution in [3.63, 3.8) is 0 Å². The summed E-state index contributed by atoms with van der Waals surface area (Å²) >= 11 is 2.06. The maximum absolute atomic E-state index is 5.60. The van der Waals surface area contributed by atoms with Gasteiger partial charge in [-0.15, -0.1) is 0 Å². The number of anilines is 1. The van der Waals surface area contributed by atoms with Gasteiger partial charge in [0.1, 0.15) is 5.75 Å². The molecule has 0 aliphatic carbocycles. The van der Waals surface area contributed by atoms with E-state index in [4.69, 9.17) is 9.47 Å². The van der Waals surface area contributed by atoms with Crippen molar-refractivity contribution < 1.29 is 9.47 Å². The lowest BCUT2D eigenvalue weighted by Crippen LogP contribution is -2.55. The van der Waals surface area contributed by atoms with E-state index in [1.54, 1.807) is 7.11 Å². The number of thioether (sulfide) groups is 1. The molecule has 7 heteroatoms. The highest BCUT2D eigenvalue weighted by molar-refractivity contribution is 8.00. The van der Waals surface area contributed by atoms with Crippen molar-refractivity contribution in [2.75, 3.05) is 70.7 Å². The van der Waals surface area contributed by atoms with Crippen LogP contribution in [-0.4, -0.2) is 81.5 Å². The van der Waals surface area contributed by atoms with Crippen LogP contribution in [0.15, 0.2) is 29.3 Å². The minimum absolute atomic E-state index is 0.266. The zero-order valence-electron chi connectivity index (χ0n) is 17.4. The number of methoxy groups -OCH3 is 1. The summed E-state index contributed by atoms with van der Waals surface area (Å²) in [5, 5.41) is 3.67. The summed E-state index contributed by atoms with van der Waals surface area (Å²) in [7, 11) is 3.62. The van der Waals surface area contributed by atoms with E-state index in [2.05, 4.69) is 50.9 Å². The van der Waals surface area contributed by atoms with E-state index in [1.807, 2.05) is 19.2 Å². The quantitative estimate of drug-likeness (QED) is 0.579. The molecule has 28 heavy (non-hydrogen) atoms. The van der Waals surface area contributed by atoms with Crippen molar-refractivity contribution in [3.05, 3.63) is 24.3 Å². The van der Waals surface area contributed by atoms with Gasteiger partial charge < -0.3 is 24.6 Å². The van der Waals surface area contributed by atoms with Gasteiger partial charge in [-0.1, -0.05) is 19.1 Å². The molecular formula is C21H34N4O2S. The SMILES string of the molecule is CCSC1(CNC(=NC)N2CCN(c3ccccc3OC)CC2)CCOCC1. The number of hydrogen-bond donors (Lipinski definition) is 1. The molecule has 6 nitrogen and oxygen atoms in total. The van der Waals surface area contributed by atoms with Crippen molar-refractivity contribution in [1.29, 1.82) is 0 Å². The Kier molecular flexibility index (Phi) is 7.73. The van der Waals surface area contributed by atoms with Gasteiger partial charge >= 0.3 is 0 Å². The molecule has 1 N–H and O–H groups in total. The predicted octanol–water partition coefficient (Wildman–Crippen LogP) is 2.69. The normalized spacial score (nSPS) is 20.2. The van der Waals surface area contributed by atoms with Crippen LogP contribution in [0.25, 0.3) is 0 Å². The number of ether oxygens (including phenoxy) is 2. The fourth-order valence-electron chi connectivity index (χ4n) is 4.04. The van der Waals surface area contributed by atoms with E-state index in [1.165, 1.54) is 5.69 Å². The van der Waals surface area contributed by atoms with Crippen molar-refractivity contribution in [2.45, 2.75) is 24.5 Å². The number of rotatable bonds is 6. The van der Waals surface area contributed by atoms with Crippen molar-refractivity contribution in [1.82, 2.24) is 10.2 Å². The molecule has 2 aliphatic rings. The molecule has 2 saturated heterocycles. The Morgan fingerprint density at radius 1 is 1.21 bits per heavy atom. The van der Waals surface area contributed by atoms with Gasteiger partial charge in [0.05, 0.1) is 12.8 Å². The standard InChI is InChI=1S/C21H34N4O2S/c1-4-28-21(9-15-27-16-10-21)17-23-20(22-2)25-13-11-24(12-14-25)18-7-5-6-8-19(18)26-3/h5-8H,4,9-17H2,1-3H3,(H,22,23). The molecule has 0 atom stereocenters. The highest BCUT2D eigenvalue weighted by atomic mass is 32.2. The first-order chi connectivity index (χ1) is 13.7. The van der Waals surface area contributed by atoms with Crippen molar-refractivity contribution in [3.8, 4) is 5.75 Å².